The number of nitrogens with one attached hydrogen (secondary N) is 1. The van der Waals surface area contributed by atoms with Gasteiger partial charge < -0.3 is 10.2 Å². The van der Waals surface area contributed by atoms with Gasteiger partial charge in [0.25, 0.3) is 0 Å². The number of anilines is 1. The standard InChI is InChI=1S/C15H16Cl2N2O2/c1-8-6-11(17)12(7-10(8)16)19-5-4-13(20)18-14(15(19)21)9-2-3-9/h6-7,9,14H,2-5H2,1H3,(H,18,20). The van der Waals surface area contributed by atoms with E-state index in [4.69, 9.17) is 23.2 Å². The third kappa shape index (κ3) is 2.87. The van der Waals surface area contributed by atoms with Crippen molar-refractivity contribution < 1.29 is 9.59 Å². The highest BCUT2D eigenvalue weighted by Crippen LogP contribution is 2.37. The summed E-state index contributed by atoms with van der Waals surface area (Å²) in [5, 5.41) is 3.87. The normalized spacial score (nSPS) is 23.0. The smallest absolute Gasteiger partial charge is 0.249 e. The predicted molar refractivity (Wildman–Crippen MR) is 82.8 cm³/mol. The van der Waals surface area contributed by atoms with Crippen LogP contribution in [0.15, 0.2) is 12.1 Å². The van der Waals surface area contributed by atoms with Gasteiger partial charge in [-0.1, -0.05) is 23.2 Å². The molecule has 1 unspecified atom stereocenters. The Bertz CT molecular complexity index is 614. The Morgan fingerprint density at radius 1 is 1.19 bits per heavy atom. The van der Waals surface area contributed by atoms with Gasteiger partial charge in [0, 0.05) is 18.0 Å². The third-order valence-corrected chi connectivity index (χ3v) is 4.73. The highest BCUT2D eigenvalue weighted by atomic mass is 35.5. The monoisotopic (exact) mass is 326 g/mol. The number of carbonyl (C=O) groups is 2. The Hall–Kier alpha value is -1.26. The lowest BCUT2D eigenvalue weighted by atomic mass is 10.1. The van der Waals surface area contributed by atoms with E-state index in [9.17, 15) is 9.59 Å². The van der Waals surface area contributed by atoms with Gasteiger partial charge in [-0.05, 0) is 43.4 Å². The Balaban J connectivity index is 1.97. The van der Waals surface area contributed by atoms with Gasteiger partial charge in [-0.2, -0.15) is 0 Å². The van der Waals surface area contributed by atoms with Gasteiger partial charge in [0.1, 0.15) is 6.04 Å². The molecule has 2 fully saturated rings. The molecule has 2 aliphatic rings. The van der Waals surface area contributed by atoms with Crippen LogP contribution in [0.2, 0.25) is 10.0 Å². The number of halogens is 2. The van der Waals surface area contributed by atoms with E-state index in [1.54, 1.807) is 17.0 Å². The maximum atomic E-state index is 12.7. The highest BCUT2D eigenvalue weighted by molar-refractivity contribution is 6.36. The molecular formula is C15H16Cl2N2O2. The second kappa shape index (κ2) is 5.50. The second-order valence-electron chi connectivity index (χ2n) is 5.68. The fourth-order valence-corrected chi connectivity index (χ4v) is 3.11. The molecule has 0 bridgehead atoms. The highest BCUT2D eigenvalue weighted by Gasteiger charge is 2.41. The molecule has 0 aromatic heterocycles. The first-order chi connectivity index (χ1) is 9.97. The SMILES string of the molecule is Cc1cc(Cl)c(N2CCC(=O)NC(C3CC3)C2=O)cc1Cl. The topological polar surface area (TPSA) is 49.4 Å². The van der Waals surface area contributed by atoms with Gasteiger partial charge in [-0.3, -0.25) is 9.59 Å². The minimum Gasteiger partial charge on any atom is -0.344 e. The van der Waals surface area contributed by atoms with Crippen LogP contribution in [0.3, 0.4) is 0 Å². The van der Waals surface area contributed by atoms with Crippen molar-refractivity contribution in [2.24, 2.45) is 5.92 Å². The summed E-state index contributed by atoms with van der Waals surface area (Å²) < 4.78 is 0. The van der Waals surface area contributed by atoms with Crippen LogP contribution in [0.1, 0.15) is 24.8 Å². The fourth-order valence-electron chi connectivity index (χ4n) is 2.63. The van der Waals surface area contributed by atoms with Crippen molar-refractivity contribution in [1.82, 2.24) is 5.32 Å². The van der Waals surface area contributed by atoms with Crippen molar-refractivity contribution in [2.75, 3.05) is 11.4 Å². The summed E-state index contributed by atoms with van der Waals surface area (Å²) in [6, 6.07) is 3.02. The van der Waals surface area contributed by atoms with Crippen LogP contribution in [0.5, 0.6) is 0 Å². The van der Waals surface area contributed by atoms with Crippen molar-refractivity contribution in [1.29, 1.82) is 0 Å². The van der Waals surface area contributed by atoms with Crippen molar-refractivity contribution in [3.8, 4) is 0 Å². The summed E-state index contributed by atoms with van der Waals surface area (Å²) in [6.07, 6.45) is 2.23. The van der Waals surface area contributed by atoms with Gasteiger partial charge in [-0.25, -0.2) is 0 Å². The number of hydrogen-bond acceptors (Lipinski definition) is 2. The minimum atomic E-state index is -0.434. The number of carbonyl (C=O) groups excluding carboxylic acids is 2. The average Bonchev–Trinajstić information content (AvgIpc) is 3.25. The summed E-state index contributed by atoms with van der Waals surface area (Å²) in [5.41, 5.74) is 1.44. The number of aryl methyl sites for hydroxylation is 1. The molecule has 1 heterocycles. The molecule has 1 aromatic rings. The molecule has 4 nitrogen and oxygen atoms in total. The van der Waals surface area contributed by atoms with Gasteiger partial charge in [0.2, 0.25) is 11.8 Å². The average molecular weight is 327 g/mol. The van der Waals surface area contributed by atoms with Gasteiger partial charge in [-0.15, -0.1) is 0 Å². The zero-order valence-electron chi connectivity index (χ0n) is 11.7. The zero-order chi connectivity index (χ0) is 15.1. The van der Waals surface area contributed by atoms with Crippen molar-refractivity contribution in [2.45, 2.75) is 32.2 Å². The van der Waals surface area contributed by atoms with Crippen LogP contribution < -0.4 is 10.2 Å². The van der Waals surface area contributed by atoms with E-state index in [-0.39, 0.29) is 24.2 Å². The first-order valence-electron chi connectivity index (χ1n) is 7.04. The number of benzene rings is 1. The molecule has 1 aliphatic heterocycles. The lowest BCUT2D eigenvalue weighted by Gasteiger charge is -2.25. The number of hydrogen-bond donors (Lipinski definition) is 1. The summed E-state index contributed by atoms with van der Waals surface area (Å²) in [7, 11) is 0. The maximum absolute atomic E-state index is 12.7. The van der Waals surface area contributed by atoms with Gasteiger partial charge in [0.15, 0.2) is 0 Å². The molecule has 1 N–H and O–H groups in total. The van der Waals surface area contributed by atoms with Crippen LogP contribution in [0.4, 0.5) is 5.69 Å². The molecule has 112 valence electrons. The Morgan fingerprint density at radius 3 is 2.57 bits per heavy atom. The first-order valence-corrected chi connectivity index (χ1v) is 7.79. The van der Waals surface area contributed by atoms with Crippen LogP contribution in [-0.4, -0.2) is 24.4 Å². The summed E-state index contributed by atoms with van der Waals surface area (Å²) in [4.78, 5) is 26.1. The minimum absolute atomic E-state index is 0.0860. The maximum Gasteiger partial charge on any atom is 0.249 e. The quantitative estimate of drug-likeness (QED) is 0.908. The summed E-state index contributed by atoms with van der Waals surface area (Å²) in [6.45, 7) is 2.19. The Morgan fingerprint density at radius 2 is 1.90 bits per heavy atom. The van der Waals surface area contributed by atoms with Crippen LogP contribution >= 0.6 is 23.2 Å². The molecule has 3 rings (SSSR count). The molecule has 1 saturated heterocycles. The molecule has 1 aliphatic carbocycles. The van der Waals surface area contributed by atoms with Crippen LogP contribution in [0, 0.1) is 12.8 Å². The van der Waals surface area contributed by atoms with Crippen LogP contribution in [-0.2, 0) is 9.59 Å². The molecule has 1 aromatic carbocycles. The summed E-state index contributed by atoms with van der Waals surface area (Å²) in [5.74, 6) is 0.0731. The number of amides is 2. The lowest BCUT2D eigenvalue weighted by molar-refractivity contribution is -0.126. The van der Waals surface area contributed by atoms with E-state index in [0.717, 1.165) is 18.4 Å². The Kier molecular flexibility index (Phi) is 3.84. The molecule has 2 amide bonds. The van der Waals surface area contributed by atoms with Crippen molar-refractivity contribution >= 4 is 40.7 Å². The molecule has 1 atom stereocenters. The van der Waals surface area contributed by atoms with Crippen molar-refractivity contribution in [3.63, 3.8) is 0 Å². The van der Waals surface area contributed by atoms with E-state index >= 15 is 0 Å². The van der Waals surface area contributed by atoms with E-state index < -0.39 is 6.04 Å². The van der Waals surface area contributed by atoms with Gasteiger partial charge in [0.05, 0.1) is 10.7 Å². The molecular weight excluding hydrogens is 311 g/mol. The number of rotatable bonds is 2. The molecule has 0 spiro atoms. The molecule has 6 heteroatoms. The summed E-state index contributed by atoms with van der Waals surface area (Å²) >= 11 is 12.4. The van der Waals surface area contributed by atoms with E-state index in [0.29, 0.717) is 22.3 Å². The third-order valence-electron chi connectivity index (χ3n) is 4.02. The van der Waals surface area contributed by atoms with E-state index in [2.05, 4.69) is 5.32 Å². The Labute approximate surface area is 133 Å². The lowest BCUT2D eigenvalue weighted by Crippen LogP contribution is -2.46. The zero-order valence-corrected chi connectivity index (χ0v) is 13.2. The largest absolute Gasteiger partial charge is 0.344 e. The van der Waals surface area contributed by atoms with Gasteiger partial charge >= 0.3 is 0 Å². The molecule has 1 saturated carbocycles. The number of nitrogens with zero attached hydrogens (tertiary/aromatic N) is 1. The fraction of sp³-hybridized carbons (Fsp3) is 0.467. The molecule has 0 radical (unpaired) electrons. The second-order valence-corrected chi connectivity index (χ2v) is 6.49. The first kappa shape index (κ1) is 14.7. The molecule has 21 heavy (non-hydrogen) atoms. The predicted octanol–water partition coefficient (Wildman–Crippen LogP) is 2.93. The van der Waals surface area contributed by atoms with Crippen molar-refractivity contribution in [3.05, 3.63) is 27.7 Å². The van der Waals surface area contributed by atoms with E-state index in [1.807, 2.05) is 6.92 Å². The van der Waals surface area contributed by atoms with Crippen LogP contribution in [0.25, 0.3) is 0 Å². The van der Waals surface area contributed by atoms with E-state index in [1.165, 1.54) is 0 Å².